The maximum absolute atomic E-state index is 12.1. The predicted octanol–water partition coefficient (Wildman–Crippen LogP) is 3.75. The topological polar surface area (TPSA) is 83.8 Å². The van der Waals surface area contributed by atoms with E-state index >= 15 is 0 Å². The molecule has 0 aromatic heterocycles. The van der Waals surface area contributed by atoms with Crippen molar-refractivity contribution in [2.45, 2.75) is 90.8 Å². The van der Waals surface area contributed by atoms with Crippen LogP contribution in [-0.2, 0) is 14.3 Å². The van der Waals surface area contributed by atoms with Gasteiger partial charge < -0.3 is 14.9 Å². The molecule has 4 fully saturated rings. The van der Waals surface area contributed by atoms with Crippen LogP contribution in [0.3, 0.4) is 0 Å². The van der Waals surface area contributed by atoms with E-state index in [1.807, 2.05) is 0 Å². The third kappa shape index (κ3) is 3.26. The average Bonchev–Trinajstić information content (AvgIpc) is 3.06. The van der Waals surface area contributed by atoms with Crippen molar-refractivity contribution in [3.8, 4) is 0 Å². The zero-order valence-electron chi connectivity index (χ0n) is 19.1. The molecule has 0 heterocycles. The van der Waals surface area contributed by atoms with Crippen molar-refractivity contribution in [3.05, 3.63) is 0 Å². The van der Waals surface area contributed by atoms with Crippen LogP contribution < -0.4 is 0 Å². The van der Waals surface area contributed by atoms with Crippen LogP contribution in [0.15, 0.2) is 0 Å². The number of carbonyl (C=O) groups excluding carboxylic acids is 2. The van der Waals surface area contributed by atoms with Crippen molar-refractivity contribution < 1.29 is 24.5 Å². The van der Waals surface area contributed by atoms with Crippen LogP contribution in [0.4, 0.5) is 0 Å². The second-order valence-electron chi connectivity index (χ2n) is 11.4. The van der Waals surface area contributed by atoms with E-state index in [2.05, 4.69) is 20.8 Å². The predicted molar refractivity (Wildman–Crippen MR) is 113 cm³/mol. The molecule has 2 N–H and O–H groups in total. The van der Waals surface area contributed by atoms with Crippen molar-refractivity contribution >= 4 is 11.8 Å². The van der Waals surface area contributed by atoms with Crippen LogP contribution in [0.25, 0.3) is 0 Å². The number of carbonyl (C=O) groups is 2. The smallest absolute Gasteiger partial charge is 0.305 e. The normalized spacial score (nSPS) is 49.0. The standard InChI is InChI=1S/C25H40O5/c1-14(5-8-22(29)30-4)17-6-7-18-23-19(13-21(28)25(17,18)3)24(2)10-9-16(26)11-15(24)12-20(23)27/h14-15,17-21,23,27-28H,5-13H2,1-4H3/t14?,15?,17?,18?,19?,20?,21?,23?,24-,25+/m0/s1. The molecular formula is C25H40O5. The first-order chi connectivity index (χ1) is 14.1. The summed E-state index contributed by atoms with van der Waals surface area (Å²) in [4.78, 5) is 23.8. The molecule has 0 aromatic carbocycles. The van der Waals surface area contributed by atoms with Gasteiger partial charge in [-0.3, -0.25) is 9.59 Å². The second kappa shape index (κ2) is 7.88. The minimum absolute atomic E-state index is 0.0503. The quantitative estimate of drug-likeness (QED) is 0.677. The fraction of sp³-hybridized carbons (Fsp3) is 0.920. The minimum atomic E-state index is -0.391. The molecule has 0 saturated heterocycles. The van der Waals surface area contributed by atoms with Crippen LogP contribution in [0.5, 0.6) is 0 Å². The van der Waals surface area contributed by atoms with Gasteiger partial charge in [0, 0.05) is 19.3 Å². The maximum atomic E-state index is 12.1. The molecule has 10 atom stereocenters. The summed E-state index contributed by atoms with van der Waals surface area (Å²) in [5, 5.41) is 22.8. The first-order valence-corrected chi connectivity index (χ1v) is 12.1. The summed E-state index contributed by atoms with van der Waals surface area (Å²) in [6, 6.07) is 0. The molecule has 0 spiro atoms. The van der Waals surface area contributed by atoms with Gasteiger partial charge in [-0.25, -0.2) is 0 Å². The number of esters is 1. The Morgan fingerprint density at radius 1 is 1.20 bits per heavy atom. The molecule has 8 unspecified atom stereocenters. The van der Waals surface area contributed by atoms with Crippen molar-refractivity contribution in [1.29, 1.82) is 0 Å². The van der Waals surface area contributed by atoms with E-state index in [1.54, 1.807) is 0 Å². The molecule has 5 heteroatoms. The molecule has 4 aliphatic rings. The highest BCUT2D eigenvalue weighted by Gasteiger charge is 2.65. The monoisotopic (exact) mass is 420 g/mol. The highest BCUT2D eigenvalue weighted by Crippen LogP contribution is 2.68. The molecule has 4 saturated carbocycles. The van der Waals surface area contributed by atoms with Crippen LogP contribution >= 0.6 is 0 Å². The Morgan fingerprint density at radius 3 is 2.63 bits per heavy atom. The number of rotatable bonds is 4. The van der Waals surface area contributed by atoms with Gasteiger partial charge in [0.15, 0.2) is 0 Å². The van der Waals surface area contributed by atoms with E-state index in [0.29, 0.717) is 42.8 Å². The van der Waals surface area contributed by atoms with Crippen molar-refractivity contribution in [2.24, 2.45) is 46.3 Å². The minimum Gasteiger partial charge on any atom is -0.469 e. The first-order valence-electron chi connectivity index (χ1n) is 12.1. The highest BCUT2D eigenvalue weighted by atomic mass is 16.5. The number of aliphatic hydroxyl groups is 2. The summed E-state index contributed by atoms with van der Waals surface area (Å²) < 4.78 is 4.82. The lowest BCUT2D eigenvalue weighted by atomic mass is 9.43. The van der Waals surface area contributed by atoms with Crippen LogP contribution in [-0.4, -0.2) is 41.3 Å². The number of fused-ring (bicyclic) bond motifs is 5. The Morgan fingerprint density at radius 2 is 1.93 bits per heavy atom. The van der Waals surface area contributed by atoms with E-state index in [-0.39, 0.29) is 40.7 Å². The molecular weight excluding hydrogens is 380 g/mol. The third-order valence-corrected chi connectivity index (χ3v) is 10.4. The fourth-order valence-corrected chi connectivity index (χ4v) is 8.59. The highest BCUT2D eigenvalue weighted by molar-refractivity contribution is 5.79. The Hall–Kier alpha value is -0.940. The van der Waals surface area contributed by atoms with E-state index < -0.39 is 6.10 Å². The van der Waals surface area contributed by atoms with Crippen LogP contribution in [0.2, 0.25) is 0 Å². The van der Waals surface area contributed by atoms with Crippen molar-refractivity contribution in [1.82, 2.24) is 0 Å². The second-order valence-corrected chi connectivity index (χ2v) is 11.4. The van der Waals surface area contributed by atoms with E-state index in [9.17, 15) is 19.8 Å². The molecule has 4 rings (SSSR count). The summed E-state index contributed by atoms with van der Waals surface area (Å²) in [7, 11) is 1.43. The fourth-order valence-electron chi connectivity index (χ4n) is 8.59. The summed E-state index contributed by atoms with van der Waals surface area (Å²) >= 11 is 0. The van der Waals surface area contributed by atoms with Gasteiger partial charge in [0.05, 0.1) is 19.3 Å². The van der Waals surface area contributed by atoms with E-state index in [0.717, 1.165) is 38.5 Å². The Balaban J connectivity index is 1.58. The lowest BCUT2D eigenvalue weighted by Gasteiger charge is -2.63. The number of ether oxygens (including phenoxy) is 1. The Labute approximate surface area is 180 Å². The average molecular weight is 421 g/mol. The SMILES string of the molecule is COC(=O)CCC(C)C1CCC2C3C(O)CC4CC(=O)CC[C@]4(C)C3CC(O)[C@]12C. The maximum Gasteiger partial charge on any atom is 0.305 e. The zero-order chi connectivity index (χ0) is 21.8. The Kier molecular flexibility index (Phi) is 5.85. The van der Waals surface area contributed by atoms with E-state index in [4.69, 9.17) is 4.74 Å². The molecule has 5 nitrogen and oxygen atoms in total. The molecule has 0 aromatic rings. The van der Waals surface area contributed by atoms with Crippen LogP contribution in [0.1, 0.15) is 78.6 Å². The van der Waals surface area contributed by atoms with Gasteiger partial charge in [-0.15, -0.1) is 0 Å². The van der Waals surface area contributed by atoms with Gasteiger partial charge >= 0.3 is 5.97 Å². The van der Waals surface area contributed by atoms with Gasteiger partial charge in [0.25, 0.3) is 0 Å². The number of hydrogen-bond donors (Lipinski definition) is 2. The lowest BCUT2D eigenvalue weighted by Crippen LogP contribution is -2.62. The number of ketones is 1. The van der Waals surface area contributed by atoms with E-state index in [1.165, 1.54) is 7.11 Å². The Bertz CT molecular complexity index is 691. The summed E-state index contributed by atoms with van der Waals surface area (Å²) in [5.41, 5.74) is -0.167. The molecule has 0 amide bonds. The number of Topliss-reactive ketones (excluding diaryl/α,β-unsaturated/α-hetero) is 1. The van der Waals surface area contributed by atoms with Gasteiger partial charge in [-0.05, 0) is 84.9 Å². The first kappa shape index (κ1) is 22.3. The zero-order valence-corrected chi connectivity index (χ0v) is 19.1. The molecule has 0 aliphatic heterocycles. The number of hydrogen-bond acceptors (Lipinski definition) is 5. The summed E-state index contributed by atoms with van der Waals surface area (Å²) in [6.07, 6.45) is 6.15. The van der Waals surface area contributed by atoms with Gasteiger partial charge in [-0.2, -0.15) is 0 Å². The largest absolute Gasteiger partial charge is 0.469 e. The molecule has 30 heavy (non-hydrogen) atoms. The lowest BCUT2D eigenvalue weighted by molar-refractivity contribution is -0.201. The molecule has 0 radical (unpaired) electrons. The van der Waals surface area contributed by atoms with Crippen LogP contribution in [0, 0.1) is 46.3 Å². The molecule has 0 bridgehead atoms. The van der Waals surface area contributed by atoms with Crippen molar-refractivity contribution in [2.75, 3.05) is 7.11 Å². The van der Waals surface area contributed by atoms with Crippen molar-refractivity contribution in [3.63, 3.8) is 0 Å². The number of aliphatic hydroxyl groups excluding tert-OH is 2. The summed E-state index contributed by atoms with van der Waals surface area (Å²) in [5.74, 6) is 1.92. The van der Waals surface area contributed by atoms with Gasteiger partial charge in [0.2, 0.25) is 0 Å². The third-order valence-electron chi connectivity index (χ3n) is 10.4. The molecule has 170 valence electrons. The number of methoxy groups -OCH3 is 1. The van der Waals surface area contributed by atoms with Gasteiger partial charge in [0.1, 0.15) is 5.78 Å². The summed E-state index contributed by atoms with van der Waals surface area (Å²) in [6.45, 7) is 6.78. The van der Waals surface area contributed by atoms with Gasteiger partial charge in [-0.1, -0.05) is 20.8 Å². The molecule has 4 aliphatic carbocycles.